The van der Waals surface area contributed by atoms with Crippen LogP contribution in [0.4, 0.5) is 4.79 Å². The number of hydrogen-bond donors (Lipinski definition) is 0. The maximum Gasteiger partial charge on any atom is 0.416 e. The summed E-state index contributed by atoms with van der Waals surface area (Å²) >= 11 is 5.99. The Labute approximate surface area is 199 Å². The van der Waals surface area contributed by atoms with E-state index >= 15 is 0 Å². The molecule has 0 N–H and O–H groups in total. The monoisotopic (exact) mass is 472 g/mol. The number of halogens is 1. The van der Waals surface area contributed by atoms with Crippen LogP contribution in [-0.2, 0) is 20.9 Å². The van der Waals surface area contributed by atoms with Gasteiger partial charge < -0.3 is 14.4 Å². The van der Waals surface area contributed by atoms with E-state index in [1.165, 1.54) is 12.0 Å². The summed E-state index contributed by atoms with van der Waals surface area (Å²) in [6, 6.07) is 14.5. The van der Waals surface area contributed by atoms with E-state index in [4.69, 9.17) is 21.1 Å². The summed E-state index contributed by atoms with van der Waals surface area (Å²) in [5, 5.41) is 0.610. The SMILES string of the molecule is COC(=O)CCCN(Cc1ccc(Cl)cc1)C(=O)C1(C)CCN1C(=O)Oc1ccccc1C. The predicted octanol–water partition coefficient (Wildman–Crippen LogP) is 4.59. The fraction of sp³-hybridized carbons (Fsp3) is 0.400. The number of benzene rings is 2. The number of likely N-dealkylation sites (tertiary alicyclic amines) is 1. The molecule has 1 unspecified atom stereocenters. The van der Waals surface area contributed by atoms with Crippen molar-refractivity contribution in [2.24, 2.45) is 0 Å². The normalized spacial score (nSPS) is 17.2. The van der Waals surface area contributed by atoms with Crippen molar-refractivity contribution in [1.29, 1.82) is 0 Å². The van der Waals surface area contributed by atoms with Gasteiger partial charge in [0.25, 0.3) is 0 Å². The van der Waals surface area contributed by atoms with Crippen LogP contribution in [0.25, 0.3) is 0 Å². The number of methoxy groups -OCH3 is 1. The first-order chi connectivity index (χ1) is 15.7. The molecule has 7 nitrogen and oxygen atoms in total. The number of carbonyl (C=O) groups is 3. The van der Waals surface area contributed by atoms with E-state index in [0.717, 1.165) is 11.1 Å². The van der Waals surface area contributed by atoms with Crippen molar-refractivity contribution < 1.29 is 23.9 Å². The van der Waals surface area contributed by atoms with Gasteiger partial charge >= 0.3 is 12.1 Å². The molecule has 33 heavy (non-hydrogen) atoms. The summed E-state index contributed by atoms with van der Waals surface area (Å²) in [5.41, 5.74) is 0.728. The van der Waals surface area contributed by atoms with Gasteiger partial charge in [-0.25, -0.2) is 4.79 Å². The minimum absolute atomic E-state index is 0.185. The third-order valence-corrected chi connectivity index (χ3v) is 6.25. The molecule has 2 amide bonds. The zero-order valence-corrected chi connectivity index (χ0v) is 19.9. The zero-order chi connectivity index (χ0) is 24.0. The lowest BCUT2D eigenvalue weighted by Gasteiger charge is -2.49. The van der Waals surface area contributed by atoms with Crippen molar-refractivity contribution in [3.05, 3.63) is 64.7 Å². The molecule has 8 heteroatoms. The lowest BCUT2D eigenvalue weighted by Crippen LogP contribution is -2.68. The number of carbonyl (C=O) groups excluding carboxylic acids is 3. The van der Waals surface area contributed by atoms with Crippen LogP contribution in [0, 0.1) is 6.92 Å². The highest BCUT2D eigenvalue weighted by Gasteiger charge is 2.52. The molecule has 1 atom stereocenters. The molecular weight excluding hydrogens is 444 g/mol. The van der Waals surface area contributed by atoms with Crippen LogP contribution in [-0.4, -0.2) is 53.5 Å². The van der Waals surface area contributed by atoms with E-state index in [2.05, 4.69) is 0 Å². The number of para-hydroxylation sites is 1. The van der Waals surface area contributed by atoms with Crippen LogP contribution in [0.5, 0.6) is 5.75 Å². The van der Waals surface area contributed by atoms with Crippen molar-refractivity contribution in [1.82, 2.24) is 9.80 Å². The van der Waals surface area contributed by atoms with Crippen molar-refractivity contribution in [3.8, 4) is 5.75 Å². The molecule has 1 aliphatic heterocycles. The van der Waals surface area contributed by atoms with E-state index in [-0.39, 0.29) is 18.3 Å². The third-order valence-electron chi connectivity index (χ3n) is 6.00. The molecule has 176 valence electrons. The fourth-order valence-electron chi connectivity index (χ4n) is 3.81. The number of aryl methyl sites for hydroxylation is 1. The smallest absolute Gasteiger partial charge is 0.416 e. The van der Waals surface area contributed by atoms with Gasteiger partial charge in [0.1, 0.15) is 11.3 Å². The molecule has 0 saturated carbocycles. The molecule has 1 fully saturated rings. The Morgan fingerprint density at radius 1 is 1.12 bits per heavy atom. The van der Waals surface area contributed by atoms with Crippen LogP contribution < -0.4 is 4.74 Å². The summed E-state index contributed by atoms with van der Waals surface area (Å²) in [6.45, 7) is 4.75. The van der Waals surface area contributed by atoms with E-state index in [1.807, 2.05) is 31.2 Å². The van der Waals surface area contributed by atoms with Gasteiger partial charge in [0.05, 0.1) is 7.11 Å². The molecule has 2 aromatic rings. The Morgan fingerprint density at radius 3 is 2.42 bits per heavy atom. The maximum atomic E-state index is 13.6. The lowest BCUT2D eigenvalue weighted by atomic mass is 9.85. The molecule has 0 spiro atoms. The highest BCUT2D eigenvalue weighted by molar-refractivity contribution is 6.30. The first-order valence-electron chi connectivity index (χ1n) is 10.9. The summed E-state index contributed by atoms with van der Waals surface area (Å²) in [4.78, 5) is 41.2. The lowest BCUT2D eigenvalue weighted by molar-refractivity contribution is -0.151. The number of amides is 2. The topological polar surface area (TPSA) is 76.2 Å². The Morgan fingerprint density at radius 2 is 1.82 bits per heavy atom. The molecule has 1 saturated heterocycles. The van der Waals surface area contributed by atoms with E-state index in [0.29, 0.717) is 43.2 Å². The highest BCUT2D eigenvalue weighted by Crippen LogP contribution is 2.34. The second-order valence-corrected chi connectivity index (χ2v) is 8.78. The molecule has 1 aliphatic rings. The Kier molecular flexibility index (Phi) is 7.97. The molecule has 0 radical (unpaired) electrons. The van der Waals surface area contributed by atoms with Crippen LogP contribution in [0.2, 0.25) is 5.02 Å². The molecule has 0 bridgehead atoms. The number of esters is 1. The van der Waals surface area contributed by atoms with E-state index < -0.39 is 11.6 Å². The summed E-state index contributed by atoms with van der Waals surface area (Å²) in [5.74, 6) is -0.0391. The molecular formula is C25H29ClN2O5. The summed E-state index contributed by atoms with van der Waals surface area (Å²) in [6.07, 6.45) is 0.641. The molecule has 0 aromatic heterocycles. The average Bonchev–Trinajstić information content (AvgIpc) is 2.79. The molecule has 0 aliphatic carbocycles. The van der Waals surface area contributed by atoms with Gasteiger partial charge in [-0.05, 0) is 56.0 Å². The van der Waals surface area contributed by atoms with Gasteiger partial charge in [-0.1, -0.05) is 41.9 Å². The predicted molar refractivity (Wildman–Crippen MR) is 125 cm³/mol. The summed E-state index contributed by atoms with van der Waals surface area (Å²) < 4.78 is 10.3. The standard InChI is InChI=1S/C25H29ClN2O5/c1-18-7-4-5-8-21(18)33-24(31)28-16-14-25(28,2)23(30)27(15-6-9-22(29)32-3)17-19-10-12-20(26)13-11-19/h4-5,7-8,10-13H,6,9,14-17H2,1-3H3. The van der Waals surface area contributed by atoms with Crippen molar-refractivity contribution in [2.45, 2.75) is 45.2 Å². The van der Waals surface area contributed by atoms with Gasteiger partial charge in [0.2, 0.25) is 5.91 Å². The quantitative estimate of drug-likeness (QED) is 0.525. The van der Waals surface area contributed by atoms with Crippen LogP contribution >= 0.6 is 11.6 Å². The van der Waals surface area contributed by atoms with Crippen LogP contribution in [0.3, 0.4) is 0 Å². The van der Waals surface area contributed by atoms with Crippen LogP contribution in [0.15, 0.2) is 48.5 Å². The maximum absolute atomic E-state index is 13.6. The van der Waals surface area contributed by atoms with E-state index in [9.17, 15) is 14.4 Å². The number of rotatable bonds is 8. The highest BCUT2D eigenvalue weighted by atomic mass is 35.5. The second-order valence-electron chi connectivity index (χ2n) is 8.34. The van der Waals surface area contributed by atoms with E-state index in [1.54, 1.807) is 36.1 Å². The van der Waals surface area contributed by atoms with Crippen LogP contribution in [0.1, 0.15) is 37.3 Å². The number of nitrogens with zero attached hydrogens (tertiary/aromatic N) is 2. The third kappa shape index (κ3) is 5.85. The average molecular weight is 473 g/mol. The van der Waals surface area contributed by atoms with Gasteiger partial charge in [-0.2, -0.15) is 0 Å². The van der Waals surface area contributed by atoms with Crippen molar-refractivity contribution in [2.75, 3.05) is 20.2 Å². The van der Waals surface area contributed by atoms with Gasteiger partial charge in [0, 0.05) is 31.1 Å². The van der Waals surface area contributed by atoms with Gasteiger partial charge in [-0.3, -0.25) is 14.5 Å². The Balaban J connectivity index is 1.74. The van der Waals surface area contributed by atoms with Crippen molar-refractivity contribution in [3.63, 3.8) is 0 Å². The van der Waals surface area contributed by atoms with Gasteiger partial charge in [-0.15, -0.1) is 0 Å². The molecule has 2 aromatic carbocycles. The van der Waals surface area contributed by atoms with Crippen molar-refractivity contribution >= 4 is 29.6 Å². The first kappa shape index (κ1) is 24.6. The zero-order valence-electron chi connectivity index (χ0n) is 19.2. The minimum atomic E-state index is -1.02. The first-order valence-corrected chi connectivity index (χ1v) is 11.3. The largest absolute Gasteiger partial charge is 0.469 e. The molecule has 1 heterocycles. The van der Waals surface area contributed by atoms with Gasteiger partial charge in [0.15, 0.2) is 0 Å². The number of hydrogen-bond acceptors (Lipinski definition) is 5. The Hall–Kier alpha value is -3.06. The second kappa shape index (κ2) is 10.7. The Bertz CT molecular complexity index is 1010. The molecule has 3 rings (SSSR count). The minimum Gasteiger partial charge on any atom is -0.469 e. The number of ether oxygens (including phenoxy) is 2. The summed E-state index contributed by atoms with van der Waals surface area (Å²) in [7, 11) is 1.34. The fourth-order valence-corrected chi connectivity index (χ4v) is 3.94.